The third kappa shape index (κ3) is 2.49. The van der Waals surface area contributed by atoms with Crippen LogP contribution < -0.4 is 0 Å². The van der Waals surface area contributed by atoms with E-state index in [-0.39, 0.29) is 12.0 Å². The molecule has 2 rings (SSSR count). The first-order valence-electron chi connectivity index (χ1n) is 5.91. The Hall–Kier alpha value is -1.81. The van der Waals surface area contributed by atoms with E-state index in [9.17, 15) is 18.3 Å². The Morgan fingerprint density at radius 1 is 0.947 bits per heavy atom. The van der Waals surface area contributed by atoms with Crippen molar-refractivity contribution in [3.63, 3.8) is 0 Å². The number of hydrogen-bond acceptors (Lipinski definition) is 1. The minimum Gasteiger partial charge on any atom is -0.380 e. The fourth-order valence-electron chi connectivity index (χ4n) is 2.07. The molecule has 2 aromatic carbocycles. The van der Waals surface area contributed by atoms with Crippen molar-refractivity contribution in [2.45, 2.75) is 18.9 Å². The Labute approximate surface area is 109 Å². The van der Waals surface area contributed by atoms with E-state index in [0.717, 1.165) is 12.1 Å². The second-order valence-corrected chi connectivity index (χ2v) is 4.35. The zero-order valence-corrected chi connectivity index (χ0v) is 10.3. The van der Waals surface area contributed by atoms with Gasteiger partial charge in [-0.1, -0.05) is 25.1 Å². The summed E-state index contributed by atoms with van der Waals surface area (Å²) in [6.45, 7) is 1.69. The van der Waals surface area contributed by atoms with Crippen LogP contribution in [0.2, 0.25) is 0 Å². The van der Waals surface area contributed by atoms with Crippen LogP contribution >= 0.6 is 0 Å². The fraction of sp³-hybridized carbons (Fsp3) is 0.200. The normalized spacial score (nSPS) is 14.2. The predicted molar refractivity (Wildman–Crippen MR) is 66.0 cm³/mol. The van der Waals surface area contributed by atoms with Crippen molar-refractivity contribution < 1.29 is 18.3 Å². The van der Waals surface area contributed by atoms with Crippen LogP contribution in [-0.4, -0.2) is 5.11 Å². The number of hydrogen-bond donors (Lipinski definition) is 1. The summed E-state index contributed by atoms with van der Waals surface area (Å²) in [4.78, 5) is 0. The van der Waals surface area contributed by atoms with Gasteiger partial charge in [0.25, 0.3) is 0 Å². The summed E-state index contributed by atoms with van der Waals surface area (Å²) in [5.41, 5.74) is -1.04. The molecule has 1 unspecified atom stereocenters. The van der Waals surface area contributed by atoms with E-state index in [0.29, 0.717) is 5.56 Å². The molecular weight excluding hydrogens is 253 g/mol. The van der Waals surface area contributed by atoms with Crippen LogP contribution in [0.3, 0.4) is 0 Å². The molecule has 1 nitrogen and oxygen atoms in total. The van der Waals surface area contributed by atoms with E-state index in [1.807, 2.05) is 0 Å². The minimum atomic E-state index is -1.54. The van der Waals surface area contributed by atoms with Gasteiger partial charge in [-0.25, -0.2) is 13.2 Å². The Balaban J connectivity index is 2.56. The number of halogens is 3. The first-order chi connectivity index (χ1) is 8.97. The zero-order valence-electron chi connectivity index (χ0n) is 10.3. The lowest BCUT2D eigenvalue weighted by Crippen LogP contribution is -2.26. The summed E-state index contributed by atoms with van der Waals surface area (Å²) in [5, 5.41) is 10.6. The quantitative estimate of drug-likeness (QED) is 0.897. The van der Waals surface area contributed by atoms with Gasteiger partial charge < -0.3 is 5.11 Å². The summed E-state index contributed by atoms with van der Waals surface area (Å²) in [5.74, 6) is -2.52. The molecule has 0 aliphatic carbocycles. The predicted octanol–water partition coefficient (Wildman–Crippen LogP) is 3.75. The Morgan fingerprint density at radius 2 is 1.63 bits per heavy atom. The molecule has 0 bridgehead atoms. The molecule has 100 valence electrons. The SMILES string of the molecule is CCC(O)(c1cccc(F)c1)c1ccc(F)c(F)c1. The zero-order chi connectivity index (χ0) is 14.0. The maximum atomic E-state index is 13.3. The smallest absolute Gasteiger partial charge is 0.159 e. The van der Waals surface area contributed by atoms with E-state index in [2.05, 4.69) is 0 Å². The van der Waals surface area contributed by atoms with E-state index in [4.69, 9.17) is 0 Å². The Morgan fingerprint density at radius 3 is 2.21 bits per heavy atom. The molecule has 0 saturated carbocycles. The highest BCUT2D eigenvalue weighted by Gasteiger charge is 2.30. The van der Waals surface area contributed by atoms with Gasteiger partial charge >= 0.3 is 0 Å². The highest BCUT2D eigenvalue weighted by molar-refractivity contribution is 5.36. The van der Waals surface area contributed by atoms with Crippen LogP contribution in [0.1, 0.15) is 24.5 Å². The molecule has 0 fully saturated rings. The monoisotopic (exact) mass is 266 g/mol. The summed E-state index contributed by atoms with van der Waals surface area (Å²) < 4.78 is 39.5. The van der Waals surface area contributed by atoms with Crippen LogP contribution in [0.5, 0.6) is 0 Å². The highest BCUT2D eigenvalue weighted by Crippen LogP contribution is 2.33. The van der Waals surface area contributed by atoms with Crippen molar-refractivity contribution in [3.8, 4) is 0 Å². The van der Waals surface area contributed by atoms with Crippen molar-refractivity contribution in [2.24, 2.45) is 0 Å². The van der Waals surface area contributed by atoms with Gasteiger partial charge in [-0.3, -0.25) is 0 Å². The molecule has 1 atom stereocenters. The molecule has 4 heteroatoms. The Bertz CT molecular complexity index is 598. The van der Waals surface area contributed by atoms with Crippen LogP contribution in [0.4, 0.5) is 13.2 Å². The standard InChI is InChI=1S/C15H13F3O/c1-2-15(19,10-4-3-5-12(16)8-10)11-6-7-13(17)14(18)9-11/h3-9,19H,2H2,1H3. The van der Waals surface area contributed by atoms with E-state index < -0.39 is 23.1 Å². The number of aliphatic hydroxyl groups is 1. The maximum absolute atomic E-state index is 13.3. The van der Waals surface area contributed by atoms with Gasteiger partial charge in [-0.2, -0.15) is 0 Å². The largest absolute Gasteiger partial charge is 0.380 e. The molecule has 19 heavy (non-hydrogen) atoms. The van der Waals surface area contributed by atoms with Crippen molar-refractivity contribution in [1.29, 1.82) is 0 Å². The average Bonchev–Trinajstić information content (AvgIpc) is 2.41. The minimum absolute atomic E-state index is 0.194. The van der Waals surface area contributed by atoms with Crippen molar-refractivity contribution in [3.05, 3.63) is 71.0 Å². The van der Waals surface area contributed by atoms with Crippen LogP contribution in [0.25, 0.3) is 0 Å². The highest BCUT2D eigenvalue weighted by atomic mass is 19.2. The molecule has 0 spiro atoms. The lowest BCUT2D eigenvalue weighted by atomic mass is 9.84. The second-order valence-electron chi connectivity index (χ2n) is 4.35. The van der Waals surface area contributed by atoms with Crippen LogP contribution in [0, 0.1) is 17.5 Å². The van der Waals surface area contributed by atoms with Crippen molar-refractivity contribution >= 4 is 0 Å². The molecule has 2 aromatic rings. The Kier molecular flexibility index (Phi) is 3.62. The van der Waals surface area contributed by atoms with Gasteiger partial charge in [0.05, 0.1) is 0 Å². The van der Waals surface area contributed by atoms with Gasteiger partial charge in [-0.05, 0) is 41.8 Å². The van der Waals surface area contributed by atoms with E-state index in [1.54, 1.807) is 13.0 Å². The van der Waals surface area contributed by atoms with Crippen molar-refractivity contribution in [1.82, 2.24) is 0 Å². The number of benzene rings is 2. The summed E-state index contributed by atoms with van der Waals surface area (Å²) >= 11 is 0. The molecule has 0 amide bonds. The molecule has 0 saturated heterocycles. The van der Waals surface area contributed by atoms with E-state index >= 15 is 0 Å². The van der Waals surface area contributed by atoms with E-state index in [1.165, 1.54) is 24.3 Å². The molecule has 0 aliphatic heterocycles. The first kappa shape index (κ1) is 13.6. The lowest BCUT2D eigenvalue weighted by Gasteiger charge is -2.28. The topological polar surface area (TPSA) is 20.2 Å². The molecular formula is C15H13F3O. The molecule has 0 radical (unpaired) electrons. The third-order valence-electron chi connectivity index (χ3n) is 3.21. The average molecular weight is 266 g/mol. The fourth-order valence-corrected chi connectivity index (χ4v) is 2.07. The molecule has 0 aromatic heterocycles. The summed E-state index contributed by atoms with van der Waals surface area (Å²) in [6, 6.07) is 8.63. The summed E-state index contributed by atoms with van der Waals surface area (Å²) in [6.07, 6.45) is 0.210. The van der Waals surface area contributed by atoms with Gasteiger partial charge in [-0.15, -0.1) is 0 Å². The second kappa shape index (κ2) is 5.05. The molecule has 0 heterocycles. The van der Waals surface area contributed by atoms with Gasteiger partial charge in [0, 0.05) is 0 Å². The molecule has 0 aliphatic rings. The first-order valence-corrected chi connectivity index (χ1v) is 5.91. The number of rotatable bonds is 3. The van der Waals surface area contributed by atoms with Crippen LogP contribution in [-0.2, 0) is 5.60 Å². The lowest BCUT2D eigenvalue weighted by molar-refractivity contribution is 0.0757. The third-order valence-corrected chi connectivity index (χ3v) is 3.21. The summed E-state index contributed by atoms with van der Waals surface area (Å²) in [7, 11) is 0. The van der Waals surface area contributed by atoms with Gasteiger partial charge in [0.1, 0.15) is 11.4 Å². The van der Waals surface area contributed by atoms with Gasteiger partial charge in [0.15, 0.2) is 11.6 Å². The van der Waals surface area contributed by atoms with Gasteiger partial charge in [0.2, 0.25) is 0 Å². The molecule has 1 N–H and O–H groups in total. The van der Waals surface area contributed by atoms with Crippen LogP contribution in [0.15, 0.2) is 42.5 Å². The van der Waals surface area contributed by atoms with Crippen molar-refractivity contribution in [2.75, 3.05) is 0 Å². The maximum Gasteiger partial charge on any atom is 0.159 e.